The zero-order chi connectivity index (χ0) is 13.7. The van der Waals surface area contributed by atoms with E-state index < -0.39 is 5.97 Å². The molecule has 1 heterocycles. The summed E-state index contributed by atoms with van der Waals surface area (Å²) in [7, 11) is 0. The average molecular weight is 279 g/mol. The fourth-order valence-electron chi connectivity index (χ4n) is 2.14. The van der Waals surface area contributed by atoms with Gasteiger partial charge in [-0.15, -0.1) is 0 Å². The molecule has 1 fully saturated rings. The first-order valence-electron chi connectivity index (χ1n) is 6.35. The first-order valence-corrected chi connectivity index (χ1v) is 7.50. The number of hydrogen-bond donors (Lipinski definition) is 2. The van der Waals surface area contributed by atoms with Crippen molar-refractivity contribution in [2.24, 2.45) is 0 Å². The Bertz CT molecular complexity index is 470. The molecular formula is C14H17NO3S. The third kappa shape index (κ3) is 3.99. The molecule has 102 valence electrons. The number of carboxylic acids is 1. The normalized spacial score (nSPS) is 18.2. The summed E-state index contributed by atoms with van der Waals surface area (Å²) in [4.78, 5) is 22.8. The van der Waals surface area contributed by atoms with E-state index >= 15 is 0 Å². The minimum atomic E-state index is -0.941. The van der Waals surface area contributed by atoms with Crippen LogP contribution in [0.5, 0.6) is 0 Å². The molecule has 19 heavy (non-hydrogen) atoms. The maximum absolute atomic E-state index is 11.8. The van der Waals surface area contributed by atoms with Gasteiger partial charge < -0.3 is 10.4 Å². The van der Waals surface area contributed by atoms with Crippen molar-refractivity contribution in [3.63, 3.8) is 0 Å². The van der Waals surface area contributed by atoms with E-state index in [2.05, 4.69) is 5.32 Å². The molecule has 1 atom stereocenters. The fourth-order valence-corrected chi connectivity index (χ4v) is 3.30. The van der Waals surface area contributed by atoms with Crippen LogP contribution in [0.25, 0.3) is 0 Å². The van der Waals surface area contributed by atoms with Crippen LogP contribution in [0, 0.1) is 0 Å². The van der Waals surface area contributed by atoms with Gasteiger partial charge in [0, 0.05) is 18.2 Å². The number of carboxylic acid groups (broad SMARTS) is 1. The van der Waals surface area contributed by atoms with Gasteiger partial charge in [0.1, 0.15) is 0 Å². The smallest absolute Gasteiger partial charge is 0.335 e. The Hall–Kier alpha value is -1.49. The highest BCUT2D eigenvalue weighted by molar-refractivity contribution is 7.99. The van der Waals surface area contributed by atoms with E-state index in [1.54, 1.807) is 24.3 Å². The van der Waals surface area contributed by atoms with Crippen molar-refractivity contribution in [2.75, 3.05) is 11.5 Å². The van der Waals surface area contributed by atoms with E-state index in [-0.39, 0.29) is 17.5 Å². The predicted octanol–water partition coefficient (Wildman–Crippen LogP) is 1.94. The van der Waals surface area contributed by atoms with Crippen LogP contribution in [0.1, 0.15) is 28.8 Å². The van der Waals surface area contributed by atoms with Gasteiger partial charge in [-0.2, -0.15) is 11.8 Å². The van der Waals surface area contributed by atoms with Crippen molar-refractivity contribution in [1.29, 1.82) is 0 Å². The second-order valence-electron chi connectivity index (χ2n) is 4.59. The molecule has 0 bridgehead atoms. The van der Waals surface area contributed by atoms with Crippen molar-refractivity contribution in [3.8, 4) is 0 Å². The Kier molecular flexibility index (Phi) is 4.85. The first kappa shape index (κ1) is 13.9. The lowest BCUT2D eigenvalue weighted by Gasteiger charge is -2.11. The van der Waals surface area contributed by atoms with E-state index in [1.165, 1.54) is 0 Å². The number of carbonyl (C=O) groups excluding carboxylic acids is 1. The molecule has 0 saturated carbocycles. The van der Waals surface area contributed by atoms with E-state index in [1.807, 2.05) is 11.8 Å². The van der Waals surface area contributed by atoms with Gasteiger partial charge in [0.2, 0.25) is 5.91 Å². The molecule has 1 aliphatic rings. The maximum Gasteiger partial charge on any atom is 0.335 e. The summed E-state index contributed by atoms with van der Waals surface area (Å²) < 4.78 is 0. The third-order valence-electron chi connectivity index (χ3n) is 3.16. The van der Waals surface area contributed by atoms with E-state index in [0.29, 0.717) is 18.4 Å². The van der Waals surface area contributed by atoms with Crippen LogP contribution in [-0.4, -0.2) is 34.5 Å². The third-order valence-corrected chi connectivity index (χ3v) is 4.33. The summed E-state index contributed by atoms with van der Waals surface area (Å²) in [5.74, 6) is 1.15. The van der Waals surface area contributed by atoms with Gasteiger partial charge in [0.15, 0.2) is 0 Å². The van der Waals surface area contributed by atoms with Gasteiger partial charge >= 0.3 is 5.97 Å². The molecule has 1 unspecified atom stereocenters. The number of benzene rings is 1. The van der Waals surface area contributed by atoms with Gasteiger partial charge in [0.25, 0.3) is 0 Å². The highest BCUT2D eigenvalue weighted by Crippen LogP contribution is 2.17. The summed E-state index contributed by atoms with van der Waals surface area (Å²) in [6.07, 6.45) is 1.84. The van der Waals surface area contributed by atoms with Crippen molar-refractivity contribution in [1.82, 2.24) is 5.32 Å². The van der Waals surface area contributed by atoms with E-state index in [9.17, 15) is 9.59 Å². The molecule has 1 aromatic rings. The number of aromatic carboxylic acids is 1. The number of nitrogens with one attached hydrogen (secondary N) is 1. The van der Waals surface area contributed by atoms with Gasteiger partial charge in [-0.3, -0.25) is 4.79 Å². The number of rotatable bonds is 5. The number of amides is 1. The summed E-state index contributed by atoms with van der Waals surface area (Å²) in [5.41, 5.74) is 0.998. The summed E-state index contributed by atoms with van der Waals surface area (Å²) in [6, 6.07) is 7.12. The predicted molar refractivity (Wildman–Crippen MR) is 75.6 cm³/mol. The molecule has 2 rings (SSSR count). The average Bonchev–Trinajstić information content (AvgIpc) is 2.89. The van der Waals surface area contributed by atoms with Crippen LogP contribution in [0.3, 0.4) is 0 Å². The van der Waals surface area contributed by atoms with Crippen molar-refractivity contribution in [3.05, 3.63) is 35.4 Å². The molecule has 5 heteroatoms. The summed E-state index contributed by atoms with van der Waals surface area (Å²) >= 11 is 1.85. The molecule has 1 aliphatic heterocycles. The number of hydrogen-bond acceptors (Lipinski definition) is 3. The molecule has 1 saturated heterocycles. The second-order valence-corrected chi connectivity index (χ2v) is 5.74. The van der Waals surface area contributed by atoms with E-state index in [4.69, 9.17) is 5.11 Å². The van der Waals surface area contributed by atoms with Crippen LogP contribution in [0.2, 0.25) is 0 Å². The SMILES string of the molecule is O=C(CCc1ccccc1C(=O)O)NC1CCSC1. The Morgan fingerprint density at radius 2 is 2.16 bits per heavy atom. The highest BCUT2D eigenvalue weighted by atomic mass is 32.2. The second kappa shape index (κ2) is 6.61. The maximum atomic E-state index is 11.8. The Morgan fingerprint density at radius 3 is 2.84 bits per heavy atom. The van der Waals surface area contributed by atoms with Crippen LogP contribution < -0.4 is 5.32 Å². The molecule has 4 nitrogen and oxygen atoms in total. The van der Waals surface area contributed by atoms with Gasteiger partial charge in [-0.1, -0.05) is 18.2 Å². The lowest BCUT2D eigenvalue weighted by atomic mass is 10.0. The topological polar surface area (TPSA) is 66.4 Å². The first-order chi connectivity index (χ1) is 9.16. The number of carbonyl (C=O) groups is 2. The molecule has 1 amide bonds. The number of thioether (sulfide) groups is 1. The van der Waals surface area contributed by atoms with Crippen LogP contribution in [-0.2, 0) is 11.2 Å². The van der Waals surface area contributed by atoms with Gasteiger partial charge in [0.05, 0.1) is 5.56 Å². The Labute approximate surface area is 116 Å². The molecule has 0 aromatic heterocycles. The molecule has 0 aliphatic carbocycles. The van der Waals surface area contributed by atoms with Crippen LogP contribution >= 0.6 is 11.8 Å². The molecule has 0 radical (unpaired) electrons. The summed E-state index contributed by atoms with van der Waals surface area (Å²) in [6.45, 7) is 0. The molecule has 2 N–H and O–H groups in total. The van der Waals surface area contributed by atoms with E-state index in [0.717, 1.165) is 17.9 Å². The monoisotopic (exact) mass is 279 g/mol. The minimum Gasteiger partial charge on any atom is -0.478 e. The van der Waals surface area contributed by atoms with Gasteiger partial charge in [-0.05, 0) is 30.2 Å². The van der Waals surface area contributed by atoms with Crippen molar-refractivity contribution < 1.29 is 14.7 Å². The minimum absolute atomic E-state index is 0.00712. The summed E-state index contributed by atoms with van der Waals surface area (Å²) in [5, 5.41) is 12.0. The van der Waals surface area contributed by atoms with Crippen molar-refractivity contribution >= 4 is 23.6 Å². The molecule has 1 aromatic carbocycles. The number of aryl methyl sites for hydroxylation is 1. The van der Waals surface area contributed by atoms with Crippen LogP contribution in [0.4, 0.5) is 0 Å². The Morgan fingerprint density at radius 1 is 1.37 bits per heavy atom. The van der Waals surface area contributed by atoms with Crippen molar-refractivity contribution in [2.45, 2.75) is 25.3 Å². The quantitative estimate of drug-likeness (QED) is 0.864. The fraction of sp³-hybridized carbons (Fsp3) is 0.429. The lowest BCUT2D eigenvalue weighted by Crippen LogP contribution is -2.34. The Balaban J connectivity index is 1.87. The standard InChI is InChI=1S/C14H17NO3S/c16-13(15-11-7-8-19-9-11)6-5-10-3-1-2-4-12(10)14(17)18/h1-4,11H,5-9H2,(H,15,16)(H,17,18). The largest absolute Gasteiger partial charge is 0.478 e. The zero-order valence-corrected chi connectivity index (χ0v) is 11.4. The zero-order valence-electron chi connectivity index (χ0n) is 10.6. The highest BCUT2D eigenvalue weighted by Gasteiger charge is 2.17. The lowest BCUT2D eigenvalue weighted by molar-refractivity contribution is -0.121. The van der Waals surface area contributed by atoms with Gasteiger partial charge in [-0.25, -0.2) is 4.79 Å². The van der Waals surface area contributed by atoms with Crippen LogP contribution in [0.15, 0.2) is 24.3 Å². The molecule has 0 spiro atoms. The molecular weight excluding hydrogens is 262 g/mol.